The number of esters is 1. The molecular formula is C23H23N3O5. The topological polar surface area (TPSA) is 98.8 Å². The summed E-state index contributed by atoms with van der Waals surface area (Å²) in [5.74, 6) is 0.641. The number of carbonyl (C=O) groups excluding carboxylic acids is 2. The molecule has 0 unspecified atom stereocenters. The zero-order valence-electron chi connectivity index (χ0n) is 17.3. The highest BCUT2D eigenvalue weighted by molar-refractivity contribution is 6.08. The number of methoxy groups -OCH3 is 1. The second-order valence-electron chi connectivity index (χ2n) is 6.30. The first kappa shape index (κ1) is 21.6. The molecule has 0 spiro atoms. The largest absolute Gasteiger partial charge is 0.495 e. The molecule has 0 bridgehead atoms. The number of hydrogen-bond acceptors (Lipinski definition) is 7. The quantitative estimate of drug-likeness (QED) is 0.503. The van der Waals surface area contributed by atoms with Gasteiger partial charge in [0.15, 0.2) is 6.61 Å². The van der Waals surface area contributed by atoms with Crippen LogP contribution in [0.5, 0.6) is 11.5 Å². The summed E-state index contributed by atoms with van der Waals surface area (Å²) in [6.45, 7) is 1.80. The van der Waals surface area contributed by atoms with Crippen molar-refractivity contribution in [2.24, 2.45) is 0 Å². The van der Waals surface area contributed by atoms with E-state index in [9.17, 15) is 9.59 Å². The van der Waals surface area contributed by atoms with Crippen molar-refractivity contribution >= 4 is 29.1 Å². The van der Waals surface area contributed by atoms with Crippen molar-refractivity contribution in [3.8, 4) is 11.5 Å². The molecule has 0 aliphatic carbocycles. The van der Waals surface area contributed by atoms with E-state index >= 15 is 0 Å². The van der Waals surface area contributed by atoms with Gasteiger partial charge in [-0.15, -0.1) is 0 Å². The minimum Gasteiger partial charge on any atom is -0.495 e. The van der Waals surface area contributed by atoms with Crippen LogP contribution in [0.2, 0.25) is 0 Å². The van der Waals surface area contributed by atoms with E-state index in [0.29, 0.717) is 34.3 Å². The van der Waals surface area contributed by atoms with E-state index in [1.807, 2.05) is 24.3 Å². The number of benzene rings is 2. The van der Waals surface area contributed by atoms with Gasteiger partial charge in [-0.25, -0.2) is 9.78 Å². The molecule has 3 aromatic rings. The molecule has 0 saturated carbocycles. The first-order valence-electron chi connectivity index (χ1n) is 9.65. The van der Waals surface area contributed by atoms with E-state index in [2.05, 4.69) is 15.6 Å². The van der Waals surface area contributed by atoms with Crippen LogP contribution in [0.1, 0.15) is 17.3 Å². The third-order valence-corrected chi connectivity index (χ3v) is 4.17. The van der Waals surface area contributed by atoms with Crippen molar-refractivity contribution < 1.29 is 23.8 Å². The lowest BCUT2D eigenvalue weighted by molar-refractivity contribution is -0.145. The van der Waals surface area contributed by atoms with Gasteiger partial charge in [-0.2, -0.15) is 0 Å². The smallest absolute Gasteiger partial charge is 0.344 e. The molecule has 3 rings (SSSR count). The zero-order valence-corrected chi connectivity index (χ0v) is 17.3. The van der Waals surface area contributed by atoms with Crippen molar-refractivity contribution in [3.05, 3.63) is 72.4 Å². The fraction of sp³-hybridized carbons (Fsp3) is 0.174. The van der Waals surface area contributed by atoms with Crippen molar-refractivity contribution in [1.82, 2.24) is 4.98 Å². The molecule has 1 aromatic heterocycles. The first-order valence-corrected chi connectivity index (χ1v) is 9.65. The molecule has 0 atom stereocenters. The van der Waals surface area contributed by atoms with E-state index in [4.69, 9.17) is 14.2 Å². The van der Waals surface area contributed by atoms with Crippen molar-refractivity contribution in [2.45, 2.75) is 6.92 Å². The molecule has 2 aromatic carbocycles. The summed E-state index contributed by atoms with van der Waals surface area (Å²) < 4.78 is 15.6. The van der Waals surface area contributed by atoms with E-state index in [1.54, 1.807) is 56.6 Å². The van der Waals surface area contributed by atoms with Crippen molar-refractivity contribution in [1.29, 1.82) is 0 Å². The third kappa shape index (κ3) is 5.96. The Hall–Kier alpha value is -4.07. The standard InChI is InChI=1S/C23H23N3O5/c1-3-30-21(27)15-31-17-9-6-8-16(14-17)25-23(28)18-10-7-13-24-22(18)26-19-11-4-5-12-20(19)29-2/h4-14H,3,15H2,1-2H3,(H,24,26)(H,25,28). The molecule has 0 radical (unpaired) electrons. The SMILES string of the molecule is CCOC(=O)COc1cccc(NC(=O)c2cccnc2Nc2ccccc2OC)c1. The van der Waals surface area contributed by atoms with Gasteiger partial charge in [0.2, 0.25) is 0 Å². The van der Waals surface area contributed by atoms with Gasteiger partial charge in [0, 0.05) is 18.0 Å². The van der Waals surface area contributed by atoms with Gasteiger partial charge in [0.1, 0.15) is 17.3 Å². The van der Waals surface area contributed by atoms with Crippen LogP contribution in [0, 0.1) is 0 Å². The van der Waals surface area contributed by atoms with Crippen LogP contribution in [0.15, 0.2) is 66.9 Å². The van der Waals surface area contributed by atoms with Crippen LogP contribution in [0.3, 0.4) is 0 Å². The number of hydrogen-bond donors (Lipinski definition) is 2. The maximum absolute atomic E-state index is 12.9. The monoisotopic (exact) mass is 421 g/mol. The minimum absolute atomic E-state index is 0.208. The fourth-order valence-corrected chi connectivity index (χ4v) is 2.77. The molecule has 0 aliphatic rings. The lowest BCUT2D eigenvalue weighted by atomic mass is 10.2. The summed E-state index contributed by atoms with van der Waals surface area (Å²) in [6.07, 6.45) is 1.60. The molecule has 160 valence electrons. The number of aromatic nitrogens is 1. The third-order valence-electron chi connectivity index (χ3n) is 4.17. The second-order valence-corrected chi connectivity index (χ2v) is 6.30. The average molecular weight is 421 g/mol. The Morgan fingerprint density at radius 3 is 2.68 bits per heavy atom. The predicted octanol–water partition coefficient (Wildman–Crippen LogP) is 4.03. The molecule has 8 nitrogen and oxygen atoms in total. The van der Waals surface area contributed by atoms with Crippen LogP contribution >= 0.6 is 0 Å². The van der Waals surface area contributed by atoms with Crippen LogP contribution in [-0.2, 0) is 9.53 Å². The molecule has 0 saturated heterocycles. The maximum atomic E-state index is 12.9. The fourth-order valence-electron chi connectivity index (χ4n) is 2.77. The van der Waals surface area contributed by atoms with Crippen molar-refractivity contribution in [3.63, 3.8) is 0 Å². The Morgan fingerprint density at radius 1 is 1.03 bits per heavy atom. The molecule has 0 aliphatic heterocycles. The summed E-state index contributed by atoms with van der Waals surface area (Å²) in [5.41, 5.74) is 1.55. The summed E-state index contributed by atoms with van der Waals surface area (Å²) in [7, 11) is 1.57. The molecule has 2 N–H and O–H groups in total. The van der Waals surface area contributed by atoms with E-state index in [1.165, 1.54) is 0 Å². The number of anilines is 3. The Kier molecular flexibility index (Phi) is 7.42. The van der Waals surface area contributed by atoms with E-state index in [-0.39, 0.29) is 19.1 Å². The minimum atomic E-state index is -0.459. The summed E-state index contributed by atoms with van der Waals surface area (Å²) in [4.78, 5) is 28.7. The number of rotatable bonds is 9. The van der Waals surface area contributed by atoms with Crippen molar-refractivity contribution in [2.75, 3.05) is 31.0 Å². The Bertz CT molecular complexity index is 1050. The van der Waals surface area contributed by atoms with Crippen LogP contribution in [0.4, 0.5) is 17.2 Å². The molecule has 1 heterocycles. The molecule has 31 heavy (non-hydrogen) atoms. The number of para-hydroxylation sites is 2. The average Bonchev–Trinajstić information content (AvgIpc) is 2.79. The molecule has 8 heteroatoms. The highest BCUT2D eigenvalue weighted by Crippen LogP contribution is 2.28. The highest BCUT2D eigenvalue weighted by Gasteiger charge is 2.14. The van der Waals surface area contributed by atoms with Gasteiger partial charge in [-0.1, -0.05) is 18.2 Å². The predicted molar refractivity (Wildman–Crippen MR) is 117 cm³/mol. The zero-order chi connectivity index (χ0) is 22.1. The number of ether oxygens (including phenoxy) is 3. The number of nitrogens with one attached hydrogen (secondary N) is 2. The first-order chi connectivity index (χ1) is 15.1. The van der Waals surface area contributed by atoms with Gasteiger partial charge in [-0.05, 0) is 43.3 Å². The molecular weight excluding hydrogens is 398 g/mol. The van der Waals surface area contributed by atoms with Crippen LogP contribution in [0.25, 0.3) is 0 Å². The van der Waals surface area contributed by atoms with Gasteiger partial charge >= 0.3 is 5.97 Å². The number of carbonyl (C=O) groups is 2. The van der Waals surface area contributed by atoms with Gasteiger partial charge < -0.3 is 24.8 Å². The normalized spacial score (nSPS) is 10.1. The van der Waals surface area contributed by atoms with Gasteiger partial charge in [0.05, 0.1) is 25.0 Å². The Balaban J connectivity index is 1.73. The lowest BCUT2D eigenvalue weighted by Crippen LogP contribution is -2.16. The van der Waals surface area contributed by atoms with E-state index in [0.717, 1.165) is 0 Å². The summed E-state index contributed by atoms with van der Waals surface area (Å²) >= 11 is 0. The molecule has 1 amide bonds. The Labute approximate surface area is 180 Å². The van der Waals surface area contributed by atoms with Gasteiger partial charge in [-0.3, -0.25) is 4.79 Å². The van der Waals surface area contributed by atoms with Crippen LogP contribution in [-0.4, -0.2) is 37.2 Å². The lowest BCUT2D eigenvalue weighted by Gasteiger charge is -2.14. The molecule has 0 fully saturated rings. The Morgan fingerprint density at radius 2 is 1.87 bits per heavy atom. The van der Waals surface area contributed by atoms with Crippen LogP contribution < -0.4 is 20.1 Å². The number of amides is 1. The number of pyridine rings is 1. The van der Waals surface area contributed by atoms with E-state index < -0.39 is 5.97 Å². The summed E-state index contributed by atoms with van der Waals surface area (Å²) in [6, 6.07) is 17.5. The second kappa shape index (κ2) is 10.6. The number of nitrogens with zero attached hydrogens (tertiary/aromatic N) is 1. The highest BCUT2D eigenvalue weighted by atomic mass is 16.6. The van der Waals surface area contributed by atoms with Gasteiger partial charge in [0.25, 0.3) is 5.91 Å². The summed E-state index contributed by atoms with van der Waals surface area (Å²) in [5, 5.41) is 5.96. The maximum Gasteiger partial charge on any atom is 0.344 e.